The zero-order chi connectivity index (χ0) is 28.1. The van der Waals surface area contributed by atoms with Gasteiger partial charge in [-0.25, -0.2) is 0 Å². The number of carbonyl (C=O) groups excluding carboxylic acids is 2. The molecule has 1 saturated carbocycles. The van der Waals surface area contributed by atoms with Crippen LogP contribution in [0, 0.1) is 16.7 Å². The zero-order valence-electron chi connectivity index (χ0n) is 23.9. The van der Waals surface area contributed by atoms with E-state index >= 15 is 0 Å². The number of hydrogen-bond donors (Lipinski definition) is 2. The Balaban J connectivity index is 2.06. The lowest BCUT2D eigenvalue weighted by molar-refractivity contribution is -0.338. The molecule has 3 aliphatic rings. The summed E-state index contributed by atoms with van der Waals surface area (Å²) in [6.45, 7) is 13.9. The van der Waals surface area contributed by atoms with Crippen molar-refractivity contribution in [3.63, 3.8) is 0 Å². The van der Waals surface area contributed by atoms with Crippen molar-refractivity contribution in [1.82, 2.24) is 0 Å². The summed E-state index contributed by atoms with van der Waals surface area (Å²) in [6, 6.07) is 8.73. The second-order valence-electron chi connectivity index (χ2n) is 12.5. The Morgan fingerprint density at radius 3 is 1.97 bits per heavy atom. The molecule has 5 heteroatoms. The summed E-state index contributed by atoms with van der Waals surface area (Å²) in [5.74, 6) is -3.46. The highest BCUT2D eigenvalue weighted by Crippen LogP contribution is 2.72. The first kappa shape index (κ1) is 28.3. The molecule has 1 aliphatic carbocycles. The average Bonchev–Trinajstić information content (AvgIpc) is 3.08. The molecule has 2 bridgehead atoms. The molecule has 0 amide bonds. The van der Waals surface area contributed by atoms with Crippen LogP contribution in [0.4, 0.5) is 0 Å². The minimum atomic E-state index is -2.00. The molecule has 2 heterocycles. The van der Waals surface area contributed by atoms with Crippen LogP contribution in [-0.2, 0) is 14.3 Å². The molecule has 5 atom stereocenters. The lowest BCUT2D eigenvalue weighted by Crippen LogP contribution is -2.70. The van der Waals surface area contributed by atoms with Crippen molar-refractivity contribution in [3.05, 3.63) is 76.4 Å². The van der Waals surface area contributed by atoms with Crippen LogP contribution < -0.4 is 0 Å². The summed E-state index contributed by atoms with van der Waals surface area (Å²) in [7, 11) is 0. The van der Waals surface area contributed by atoms with Crippen molar-refractivity contribution in [2.75, 3.05) is 0 Å². The van der Waals surface area contributed by atoms with Gasteiger partial charge < -0.3 is 14.9 Å². The third-order valence-electron chi connectivity index (χ3n) is 8.93. The van der Waals surface area contributed by atoms with Crippen molar-refractivity contribution in [1.29, 1.82) is 0 Å². The van der Waals surface area contributed by atoms with Crippen molar-refractivity contribution in [3.8, 4) is 0 Å². The van der Waals surface area contributed by atoms with Gasteiger partial charge in [0.1, 0.15) is 11.3 Å². The van der Waals surface area contributed by atoms with E-state index in [1.807, 2.05) is 66.7 Å². The lowest BCUT2D eigenvalue weighted by Gasteiger charge is -2.57. The predicted molar refractivity (Wildman–Crippen MR) is 150 cm³/mol. The van der Waals surface area contributed by atoms with Crippen molar-refractivity contribution in [2.24, 2.45) is 16.7 Å². The molecule has 2 N–H and O–H groups in total. The summed E-state index contributed by atoms with van der Waals surface area (Å²) in [5.41, 5.74) is -0.245. The second-order valence-corrected chi connectivity index (χ2v) is 12.5. The van der Waals surface area contributed by atoms with Crippen LogP contribution in [0.5, 0.6) is 0 Å². The molecule has 4 rings (SSSR count). The molecule has 1 aromatic rings. The number of carbonyl (C=O) groups is 2. The van der Waals surface area contributed by atoms with E-state index in [2.05, 4.69) is 6.08 Å². The first-order valence-corrected chi connectivity index (χ1v) is 13.6. The van der Waals surface area contributed by atoms with Gasteiger partial charge in [0, 0.05) is 5.56 Å². The first-order valence-electron chi connectivity index (χ1n) is 13.6. The van der Waals surface area contributed by atoms with Gasteiger partial charge in [-0.2, -0.15) is 0 Å². The zero-order valence-corrected chi connectivity index (χ0v) is 23.9. The van der Waals surface area contributed by atoms with Gasteiger partial charge in [0.2, 0.25) is 0 Å². The fraction of sp³-hybridized carbons (Fsp3) is 0.515. The van der Waals surface area contributed by atoms with Gasteiger partial charge in [-0.05, 0) is 86.5 Å². The van der Waals surface area contributed by atoms with Crippen LogP contribution in [0.3, 0.4) is 0 Å². The van der Waals surface area contributed by atoms with Gasteiger partial charge in [-0.1, -0.05) is 65.3 Å². The van der Waals surface area contributed by atoms with E-state index in [1.54, 1.807) is 24.3 Å². The molecular weight excluding hydrogens is 476 g/mol. The molecule has 5 nitrogen and oxygen atoms in total. The quantitative estimate of drug-likeness (QED) is 0.175. The first-order chi connectivity index (χ1) is 17.7. The van der Waals surface area contributed by atoms with Gasteiger partial charge in [-0.3, -0.25) is 9.59 Å². The third-order valence-corrected chi connectivity index (χ3v) is 8.93. The van der Waals surface area contributed by atoms with E-state index in [0.717, 1.165) is 16.7 Å². The lowest BCUT2D eigenvalue weighted by atomic mass is 9.51. The smallest absolute Gasteiger partial charge is 0.193 e. The van der Waals surface area contributed by atoms with Crippen molar-refractivity contribution >= 4 is 17.3 Å². The van der Waals surface area contributed by atoms with Crippen LogP contribution in [0.1, 0.15) is 86.1 Å². The number of Topliss-reactive ketones (excluding diaryl/α,β-unsaturated/α-hetero) is 2. The largest absolute Gasteiger partial charge is 0.506 e. The normalized spacial score (nSPS) is 35.0. The number of hydrogen-bond acceptors (Lipinski definition) is 5. The number of aliphatic hydroxyl groups is 2. The summed E-state index contributed by atoms with van der Waals surface area (Å²) in [6.07, 6.45) is 7.82. The van der Waals surface area contributed by atoms with Crippen LogP contribution in [0.25, 0.3) is 5.76 Å². The Kier molecular flexibility index (Phi) is 7.26. The molecule has 0 spiro atoms. The number of ether oxygens (including phenoxy) is 1. The number of fused-ring (bicyclic) bond motifs is 1. The maximum atomic E-state index is 14.6. The van der Waals surface area contributed by atoms with Crippen LogP contribution >= 0.6 is 0 Å². The van der Waals surface area contributed by atoms with Crippen molar-refractivity contribution < 1.29 is 24.5 Å². The number of aliphatic hydroxyl groups excluding tert-OH is 1. The maximum Gasteiger partial charge on any atom is 0.193 e. The standard InChI is InChI=1S/C33H42O5/c1-21(2)13-14-25-19-31(17-15-22(3)4)28(35)26(27(34)24-11-9-8-10-12-24)29(36)32(18-16-23(5)6)20-30(25,7)38-33(31,32)37/h8-13,15-16,25,34,37H,14,17-20H2,1-7H3/b27-26-/t25-,30+,31-,32+,33-/m1/s1. The fourth-order valence-electron chi connectivity index (χ4n) is 6.85. The SMILES string of the molecule is CC(C)=CC[C@@H]1C[C@]2(CC=C(C)C)C(=O)/C(=C(/O)c3ccccc3)C(=O)[C@]3(CC=C(C)C)C[C@]1(C)O[C@@]32O. The average molecular weight is 519 g/mol. The maximum absolute atomic E-state index is 14.6. The van der Waals surface area contributed by atoms with E-state index in [-0.39, 0.29) is 36.5 Å². The Labute approximate surface area is 227 Å². The van der Waals surface area contributed by atoms with Crippen LogP contribution in [0.15, 0.2) is 70.9 Å². The van der Waals surface area contributed by atoms with Crippen molar-refractivity contribution in [2.45, 2.75) is 92.0 Å². The summed E-state index contributed by atoms with van der Waals surface area (Å²) < 4.78 is 6.65. The van der Waals surface area contributed by atoms with Gasteiger partial charge in [-0.15, -0.1) is 0 Å². The highest BCUT2D eigenvalue weighted by molar-refractivity contribution is 6.30. The molecule has 0 unspecified atom stereocenters. The van der Waals surface area contributed by atoms with Crippen LogP contribution in [-0.4, -0.2) is 33.2 Å². The third kappa shape index (κ3) is 4.15. The Hall–Kier alpha value is -2.76. The van der Waals surface area contributed by atoms with Gasteiger partial charge >= 0.3 is 0 Å². The molecule has 1 aromatic carbocycles. The number of benzene rings is 1. The second kappa shape index (κ2) is 9.77. The monoisotopic (exact) mass is 518 g/mol. The van der Waals surface area contributed by atoms with Gasteiger partial charge in [0.25, 0.3) is 0 Å². The molecular formula is C33H42O5. The molecule has 2 saturated heterocycles. The molecule has 0 aromatic heterocycles. The summed E-state index contributed by atoms with van der Waals surface area (Å²) >= 11 is 0. The molecule has 204 valence electrons. The minimum Gasteiger partial charge on any atom is -0.506 e. The Morgan fingerprint density at radius 2 is 1.42 bits per heavy atom. The molecule has 2 aliphatic heterocycles. The number of allylic oxidation sites excluding steroid dienone is 7. The predicted octanol–water partition coefficient (Wildman–Crippen LogP) is 7.04. The van der Waals surface area contributed by atoms with Gasteiger partial charge in [0.15, 0.2) is 17.4 Å². The van der Waals surface area contributed by atoms with E-state index in [4.69, 9.17) is 4.74 Å². The van der Waals surface area contributed by atoms with Crippen LogP contribution in [0.2, 0.25) is 0 Å². The highest BCUT2D eigenvalue weighted by atomic mass is 16.7. The van der Waals surface area contributed by atoms with E-state index in [0.29, 0.717) is 18.4 Å². The Bertz CT molecular complexity index is 1260. The topological polar surface area (TPSA) is 83.8 Å². The van der Waals surface area contributed by atoms with E-state index in [1.165, 1.54) is 0 Å². The molecule has 0 radical (unpaired) electrons. The summed E-state index contributed by atoms with van der Waals surface area (Å²) in [4.78, 5) is 29.2. The number of rotatable bonds is 7. The van der Waals surface area contributed by atoms with E-state index in [9.17, 15) is 19.8 Å². The minimum absolute atomic E-state index is 0.0909. The highest BCUT2D eigenvalue weighted by Gasteiger charge is 2.82. The molecule has 38 heavy (non-hydrogen) atoms. The van der Waals surface area contributed by atoms with Gasteiger partial charge in [0.05, 0.1) is 16.4 Å². The number of ketones is 2. The summed E-state index contributed by atoms with van der Waals surface area (Å²) in [5, 5.41) is 24.1. The van der Waals surface area contributed by atoms with E-state index < -0.39 is 33.8 Å². The Morgan fingerprint density at radius 1 is 0.895 bits per heavy atom. The molecule has 3 fully saturated rings. The fourth-order valence-corrected chi connectivity index (χ4v) is 6.85.